The van der Waals surface area contributed by atoms with E-state index in [2.05, 4.69) is 12.2 Å². The molecule has 0 aliphatic carbocycles. The van der Waals surface area contributed by atoms with Gasteiger partial charge in [0.2, 0.25) is 0 Å². The Balaban J connectivity index is 2.91. The molecule has 5 heteroatoms. The van der Waals surface area contributed by atoms with Crippen LogP contribution in [-0.4, -0.2) is 41.1 Å². The van der Waals surface area contributed by atoms with Crippen molar-refractivity contribution in [2.45, 2.75) is 25.9 Å². The van der Waals surface area contributed by atoms with Gasteiger partial charge in [0.1, 0.15) is 17.2 Å². The van der Waals surface area contributed by atoms with Crippen molar-refractivity contribution in [2.75, 3.05) is 35.0 Å². The molecule has 114 valence electrons. The third kappa shape index (κ3) is 4.28. The van der Waals surface area contributed by atoms with Gasteiger partial charge in [0.05, 0.1) is 33.5 Å². The highest BCUT2D eigenvalue weighted by atomic mass is 16.5. The van der Waals surface area contributed by atoms with Gasteiger partial charge in [-0.05, 0) is 6.42 Å². The summed E-state index contributed by atoms with van der Waals surface area (Å²) in [4.78, 5) is 0. The van der Waals surface area contributed by atoms with Crippen molar-refractivity contribution in [3.63, 3.8) is 0 Å². The second-order valence-electron chi connectivity index (χ2n) is 4.45. The SMILES string of the molecule is CCC(COC)NCc1c(OC)cc(OC)cc1OC. The number of methoxy groups -OCH3 is 4. The lowest BCUT2D eigenvalue weighted by molar-refractivity contribution is 0.163. The van der Waals surface area contributed by atoms with Gasteiger partial charge in [-0.25, -0.2) is 0 Å². The van der Waals surface area contributed by atoms with Crippen LogP contribution >= 0.6 is 0 Å². The number of benzene rings is 1. The van der Waals surface area contributed by atoms with Gasteiger partial charge in [0.25, 0.3) is 0 Å². The average molecular weight is 283 g/mol. The van der Waals surface area contributed by atoms with Gasteiger partial charge in [-0.15, -0.1) is 0 Å². The van der Waals surface area contributed by atoms with E-state index in [1.165, 1.54) is 0 Å². The first-order valence-electron chi connectivity index (χ1n) is 6.71. The molecule has 0 radical (unpaired) electrons. The molecule has 0 amide bonds. The Morgan fingerprint density at radius 3 is 2.00 bits per heavy atom. The van der Waals surface area contributed by atoms with Crippen molar-refractivity contribution in [1.82, 2.24) is 5.32 Å². The van der Waals surface area contributed by atoms with Gasteiger partial charge in [0, 0.05) is 31.8 Å². The quantitative estimate of drug-likeness (QED) is 0.753. The van der Waals surface area contributed by atoms with E-state index in [0.717, 1.165) is 23.5 Å². The number of nitrogens with one attached hydrogen (secondary N) is 1. The largest absolute Gasteiger partial charge is 0.496 e. The molecule has 1 aromatic rings. The molecule has 1 N–H and O–H groups in total. The van der Waals surface area contributed by atoms with Crippen molar-refractivity contribution in [2.24, 2.45) is 0 Å². The molecular weight excluding hydrogens is 258 g/mol. The summed E-state index contributed by atoms with van der Waals surface area (Å²) in [5.41, 5.74) is 0.977. The molecule has 0 aliphatic heterocycles. The summed E-state index contributed by atoms with van der Waals surface area (Å²) in [5.74, 6) is 2.22. The molecule has 0 spiro atoms. The van der Waals surface area contributed by atoms with Crippen molar-refractivity contribution >= 4 is 0 Å². The van der Waals surface area contributed by atoms with Gasteiger partial charge in [0.15, 0.2) is 0 Å². The maximum Gasteiger partial charge on any atom is 0.130 e. The van der Waals surface area contributed by atoms with Crippen LogP contribution in [0.1, 0.15) is 18.9 Å². The van der Waals surface area contributed by atoms with E-state index in [-0.39, 0.29) is 0 Å². The molecule has 0 saturated heterocycles. The maximum absolute atomic E-state index is 5.42. The van der Waals surface area contributed by atoms with Gasteiger partial charge < -0.3 is 24.3 Å². The van der Waals surface area contributed by atoms with E-state index in [9.17, 15) is 0 Å². The Hall–Kier alpha value is -1.46. The van der Waals surface area contributed by atoms with Crippen LogP contribution in [0.25, 0.3) is 0 Å². The van der Waals surface area contributed by atoms with Crippen LogP contribution in [0.3, 0.4) is 0 Å². The van der Waals surface area contributed by atoms with Gasteiger partial charge >= 0.3 is 0 Å². The Kier molecular flexibility index (Phi) is 7.18. The highest BCUT2D eigenvalue weighted by Gasteiger charge is 2.14. The molecule has 0 bridgehead atoms. The number of hydrogen-bond acceptors (Lipinski definition) is 5. The normalized spacial score (nSPS) is 12.1. The van der Waals surface area contributed by atoms with Crippen LogP contribution in [0.4, 0.5) is 0 Å². The molecule has 5 nitrogen and oxygen atoms in total. The Bertz CT molecular complexity index is 384. The zero-order valence-corrected chi connectivity index (χ0v) is 13.0. The summed E-state index contributed by atoms with van der Waals surface area (Å²) in [6.07, 6.45) is 0.995. The van der Waals surface area contributed by atoms with Crippen LogP contribution in [0, 0.1) is 0 Å². The lowest BCUT2D eigenvalue weighted by atomic mass is 10.1. The van der Waals surface area contributed by atoms with E-state index < -0.39 is 0 Å². The molecule has 0 aliphatic rings. The van der Waals surface area contributed by atoms with Gasteiger partial charge in [-0.3, -0.25) is 0 Å². The van der Waals surface area contributed by atoms with Crippen LogP contribution in [0.15, 0.2) is 12.1 Å². The lowest BCUT2D eigenvalue weighted by Crippen LogP contribution is -2.32. The molecule has 1 unspecified atom stereocenters. The number of rotatable bonds is 9. The molecule has 0 heterocycles. The molecule has 1 aromatic carbocycles. The van der Waals surface area contributed by atoms with Crippen LogP contribution in [-0.2, 0) is 11.3 Å². The Morgan fingerprint density at radius 1 is 1.00 bits per heavy atom. The first-order chi connectivity index (χ1) is 9.69. The molecule has 20 heavy (non-hydrogen) atoms. The fourth-order valence-corrected chi connectivity index (χ4v) is 2.02. The minimum atomic E-state index is 0.302. The summed E-state index contributed by atoms with van der Waals surface area (Å²) in [6.45, 7) is 3.45. The van der Waals surface area contributed by atoms with E-state index in [0.29, 0.717) is 24.9 Å². The molecule has 1 atom stereocenters. The fraction of sp³-hybridized carbons (Fsp3) is 0.600. The lowest BCUT2D eigenvalue weighted by Gasteiger charge is -2.19. The molecule has 1 rings (SSSR count). The fourth-order valence-electron chi connectivity index (χ4n) is 2.02. The highest BCUT2D eigenvalue weighted by Crippen LogP contribution is 2.33. The summed E-state index contributed by atoms with van der Waals surface area (Å²) >= 11 is 0. The first-order valence-corrected chi connectivity index (χ1v) is 6.71. The smallest absolute Gasteiger partial charge is 0.130 e. The summed E-state index contributed by atoms with van der Waals surface area (Å²) in [6, 6.07) is 4.02. The van der Waals surface area contributed by atoms with Crippen molar-refractivity contribution in [3.05, 3.63) is 17.7 Å². The van der Waals surface area contributed by atoms with Gasteiger partial charge in [-0.1, -0.05) is 6.92 Å². The monoisotopic (exact) mass is 283 g/mol. The zero-order valence-electron chi connectivity index (χ0n) is 13.0. The predicted molar refractivity (Wildman–Crippen MR) is 78.9 cm³/mol. The second-order valence-corrected chi connectivity index (χ2v) is 4.45. The summed E-state index contributed by atoms with van der Waals surface area (Å²) < 4.78 is 21.3. The minimum Gasteiger partial charge on any atom is -0.496 e. The summed E-state index contributed by atoms with van der Waals surface area (Å²) in [5, 5.41) is 3.45. The summed E-state index contributed by atoms with van der Waals surface area (Å²) in [7, 11) is 6.62. The van der Waals surface area contributed by atoms with Crippen LogP contribution < -0.4 is 19.5 Å². The first kappa shape index (κ1) is 16.6. The average Bonchev–Trinajstić information content (AvgIpc) is 2.50. The van der Waals surface area contributed by atoms with Crippen LogP contribution in [0.5, 0.6) is 17.2 Å². The third-order valence-corrected chi connectivity index (χ3v) is 3.25. The standard InChI is InChI=1S/C15H25NO4/c1-6-11(10-17-2)16-9-13-14(19-4)7-12(18-3)8-15(13)20-5/h7-8,11,16H,6,9-10H2,1-5H3. The van der Waals surface area contributed by atoms with E-state index in [4.69, 9.17) is 18.9 Å². The molecular formula is C15H25NO4. The van der Waals surface area contributed by atoms with Crippen LogP contribution in [0.2, 0.25) is 0 Å². The predicted octanol–water partition coefficient (Wildman–Crippen LogP) is 2.23. The van der Waals surface area contributed by atoms with Crippen molar-refractivity contribution < 1.29 is 18.9 Å². The van der Waals surface area contributed by atoms with E-state index in [1.807, 2.05) is 12.1 Å². The second kappa shape index (κ2) is 8.66. The zero-order chi connectivity index (χ0) is 15.0. The number of ether oxygens (including phenoxy) is 4. The Labute approximate surface area is 121 Å². The molecule has 0 fully saturated rings. The molecule has 0 aromatic heterocycles. The van der Waals surface area contributed by atoms with E-state index >= 15 is 0 Å². The minimum absolute atomic E-state index is 0.302. The van der Waals surface area contributed by atoms with Gasteiger partial charge in [-0.2, -0.15) is 0 Å². The Morgan fingerprint density at radius 2 is 1.60 bits per heavy atom. The highest BCUT2D eigenvalue weighted by molar-refractivity contribution is 5.50. The van der Waals surface area contributed by atoms with E-state index in [1.54, 1.807) is 28.4 Å². The van der Waals surface area contributed by atoms with Crippen molar-refractivity contribution in [3.8, 4) is 17.2 Å². The maximum atomic E-state index is 5.42. The molecule has 0 saturated carbocycles. The van der Waals surface area contributed by atoms with Crippen molar-refractivity contribution in [1.29, 1.82) is 0 Å². The number of hydrogen-bond donors (Lipinski definition) is 1. The topological polar surface area (TPSA) is 49.0 Å². The third-order valence-electron chi connectivity index (χ3n) is 3.25.